The Morgan fingerprint density at radius 1 is 1.50 bits per heavy atom. The summed E-state index contributed by atoms with van der Waals surface area (Å²) in [6.45, 7) is 6.24. The highest BCUT2D eigenvalue weighted by Crippen LogP contribution is 2.23. The fraction of sp³-hybridized carbons (Fsp3) is 0.909. The molecule has 1 atom stereocenters. The number of carbonyl (C=O) groups is 1. The first-order chi connectivity index (χ1) is 6.49. The number of hydrogen-bond donors (Lipinski definition) is 0. The number of carbonyl (C=O) groups excluding carboxylic acids is 1. The highest BCUT2D eigenvalue weighted by molar-refractivity contribution is 5.76. The van der Waals surface area contributed by atoms with E-state index in [4.69, 9.17) is 9.47 Å². The summed E-state index contributed by atoms with van der Waals surface area (Å²) in [4.78, 5) is 11.0. The van der Waals surface area contributed by atoms with Crippen LogP contribution in [-0.2, 0) is 14.3 Å². The van der Waals surface area contributed by atoms with Crippen molar-refractivity contribution in [3.8, 4) is 0 Å². The van der Waals surface area contributed by atoms with Gasteiger partial charge in [-0.05, 0) is 40.0 Å². The van der Waals surface area contributed by atoms with Crippen molar-refractivity contribution in [2.45, 2.75) is 58.3 Å². The van der Waals surface area contributed by atoms with Gasteiger partial charge in [-0.2, -0.15) is 0 Å². The van der Waals surface area contributed by atoms with Crippen LogP contribution in [0, 0.1) is 0 Å². The summed E-state index contributed by atoms with van der Waals surface area (Å²) >= 11 is 0. The van der Waals surface area contributed by atoms with Gasteiger partial charge in [-0.3, -0.25) is 4.79 Å². The summed E-state index contributed by atoms with van der Waals surface area (Å²) in [6.07, 6.45) is 3.56. The van der Waals surface area contributed by atoms with Crippen molar-refractivity contribution >= 4 is 5.78 Å². The van der Waals surface area contributed by atoms with Crippen molar-refractivity contribution in [1.82, 2.24) is 0 Å². The Kier molecular flexibility index (Phi) is 4.08. The maximum Gasteiger partial charge on any atom is 0.158 e. The van der Waals surface area contributed by atoms with Crippen LogP contribution in [0.25, 0.3) is 0 Å². The van der Waals surface area contributed by atoms with Gasteiger partial charge in [0.15, 0.2) is 6.29 Å². The van der Waals surface area contributed by atoms with Crippen LogP contribution in [0.15, 0.2) is 0 Å². The molecule has 0 radical (unpaired) electrons. The van der Waals surface area contributed by atoms with Gasteiger partial charge in [0, 0.05) is 13.0 Å². The molecule has 0 aromatic rings. The minimum atomic E-state index is -0.395. The van der Waals surface area contributed by atoms with E-state index in [2.05, 4.69) is 0 Å². The van der Waals surface area contributed by atoms with Crippen LogP contribution in [-0.4, -0.2) is 24.3 Å². The van der Waals surface area contributed by atoms with Crippen LogP contribution in [0.2, 0.25) is 0 Å². The number of rotatable bonds is 4. The molecule has 1 rings (SSSR count). The molecule has 0 spiro atoms. The highest BCUT2D eigenvalue weighted by atomic mass is 16.7. The second kappa shape index (κ2) is 4.89. The monoisotopic (exact) mass is 200 g/mol. The average molecular weight is 200 g/mol. The van der Waals surface area contributed by atoms with Gasteiger partial charge in [0.1, 0.15) is 5.78 Å². The lowest BCUT2D eigenvalue weighted by atomic mass is 10.0. The molecule has 0 amide bonds. The van der Waals surface area contributed by atoms with Gasteiger partial charge in [-0.25, -0.2) is 0 Å². The second-order valence-corrected chi connectivity index (χ2v) is 4.55. The molecule has 0 aromatic heterocycles. The number of hydrogen-bond acceptors (Lipinski definition) is 3. The molecule has 3 heteroatoms. The molecule has 0 aliphatic carbocycles. The van der Waals surface area contributed by atoms with E-state index < -0.39 is 5.60 Å². The first kappa shape index (κ1) is 11.7. The maximum atomic E-state index is 11.0. The third-order valence-electron chi connectivity index (χ3n) is 2.26. The molecule has 1 heterocycles. The van der Waals surface area contributed by atoms with Gasteiger partial charge in [0.25, 0.3) is 0 Å². The summed E-state index contributed by atoms with van der Waals surface area (Å²) in [7, 11) is 0. The molecule has 14 heavy (non-hydrogen) atoms. The predicted octanol–water partition coefficient (Wildman–Crippen LogP) is 2.29. The molecule has 1 unspecified atom stereocenters. The number of ketones is 1. The van der Waals surface area contributed by atoms with Crippen LogP contribution in [0.5, 0.6) is 0 Å². The smallest absolute Gasteiger partial charge is 0.158 e. The lowest BCUT2D eigenvalue weighted by Crippen LogP contribution is -2.35. The molecule has 3 nitrogen and oxygen atoms in total. The van der Waals surface area contributed by atoms with E-state index in [1.165, 1.54) is 0 Å². The lowest BCUT2D eigenvalue weighted by molar-refractivity contribution is -0.216. The van der Waals surface area contributed by atoms with Crippen LogP contribution in [0.3, 0.4) is 0 Å². The molecule has 0 N–H and O–H groups in total. The Balaban J connectivity index is 2.36. The first-order valence-electron chi connectivity index (χ1n) is 5.28. The Morgan fingerprint density at radius 3 is 2.71 bits per heavy atom. The molecule has 82 valence electrons. The number of Topliss-reactive ketones (excluding diaryl/α,β-unsaturated/α-hetero) is 1. The van der Waals surface area contributed by atoms with Crippen LogP contribution < -0.4 is 0 Å². The Hall–Kier alpha value is -0.410. The number of ether oxygens (including phenoxy) is 2. The van der Waals surface area contributed by atoms with E-state index in [0.29, 0.717) is 6.42 Å². The minimum absolute atomic E-state index is 0.113. The van der Waals surface area contributed by atoms with Crippen LogP contribution >= 0.6 is 0 Å². The molecule has 1 aliphatic heterocycles. The van der Waals surface area contributed by atoms with Crippen molar-refractivity contribution in [3.63, 3.8) is 0 Å². The summed E-state index contributed by atoms with van der Waals surface area (Å²) in [6, 6.07) is 0. The standard InChI is InChI=1S/C11H20O3/c1-9(12)8-11(2,3)14-10-6-4-5-7-13-10/h10H,4-8H2,1-3H3. The van der Waals surface area contributed by atoms with Crippen molar-refractivity contribution < 1.29 is 14.3 Å². The molecule has 0 aromatic carbocycles. The largest absolute Gasteiger partial charge is 0.353 e. The first-order valence-corrected chi connectivity index (χ1v) is 5.28. The fourth-order valence-electron chi connectivity index (χ4n) is 1.80. The van der Waals surface area contributed by atoms with Gasteiger partial charge in [-0.15, -0.1) is 0 Å². The van der Waals surface area contributed by atoms with Crippen LogP contribution in [0.1, 0.15) is 46.5 Å². The Morgan fingerprint density at radius 2 is 2.21 bits per heavy atom. The quantitative estimate of drug-likeness (QED) is 0.698. The van der Waals surface area contributed by atoms with Crippen molar-refractivity contribution in [3.05, 3.63) is 0 Å². The lowest BCUT2D eigenvalue weighted by Gasteiger charge is -2.32. The third-order valence-corrected chi connectivity index (χ3v) is 2.26. The second-order valence-electron chi connectivity index (χ2n) is 4.55. The summed E-state index contributed by atoms with van der Waals surface area (Å²) < 4.78 is 11.2. The summed E-state index contributed by atoms with van der Waals surface area (Å²) in [5, 5.41) is 0. The average Bonchev–Trinajstić information content (AvgIpc) is 2.02. The topological polar surface area (TPSA) is 35.5 Å². The molecular weight excluding hydrogens is 180 g/mol. The van der Waals surface area contributed by atoms with Gasteiger partial charge >= 0.3 is 0 Å². The van der Waals surface area contributed by atoms with E-state index in [1.807, 2.05) is 13.8 Å². The third kappa shape index (κ3) is 4.20. The Bertz CT molecular complexity index is 193. The van der Waals surface area contributed by atoms with E-state index >= 15 is 0 Å². The van der Waals surface area contributed by atoms with Crippen molar-refractivity contribution in [1.29, 1.82) is 0 Å². The summed E-state index contributed by atoms with van der Waals surface area (Å²) in [5.74, 6) is 0.158. The van der Waals surface area contributed by atoms with E-state index in [9.17, 15) is 4.79 Å². The van der Waals surface area contributed by atoms with Gasteiger partial charge in [0.05, 0.1) is 5.60 Å². The molecule has 0 bridgehead atoms. The van der Waals surface area contributed by atoms with E-state index in [-0.39, 0.29) is 12.1 Å². The van der Waals surface area contributed by atoms with E-state index in [0.717, 1.165) is 25.9 Å². The van der Waals surface area contributed by atoms with Crippen molar-refractivity contribution in [2.75, 3.05) is 6.61 Å². The summed E-state index contributed by atoms with van der Waals surface area (Å²) in [5.41, 5.74) is -0.395. The van der Waals surface area contributed by atoms with Gasteiger partial charge < -0.3 is 9.47 Å². The minimum Gasteiger partial charge on any atom is -0.353 e. The maximum absolute atomic E-state index is 11.0. The SMILES string of the molecule is CC(=O)CC(C)(C)OC1CCCCO1. The van der Waals surface area contributed by atoms with Crippen molar-refractivity contribution in [2.24, 2.45) is 0 Å². The molecular formula is C11H20O3. The Labute approximate surface area is 85.8 Å². The van der Waals surface area contributed by atoms with Crippen LogP contribution in [0.4, 0.5) is 0 Å². The zero-order valence-corrected chi connectivity index (χ0v) is 9.34. The molecule has 1 saturated heterocycles. The zero-order valence-electron chi connectivity index (χ0n) is 9.34. The van der Waals surface area contributed by atoms with E-state index in [1.54, 1.807) is 6.92 Å². The highest BCUT2D eigenvalue weighted by Gasteiger charge is 2.26. The molecule has 1 aliphatic rings. The fourth-order valence-corrected chi connectivity index (χ4v) is 1.80. The normalized spacial score (nSPS) is 23.5. The van der Waals surface area contributed by atoms with Gasteiger partial charge in [-0.1, -0.05) is 0 Å². The predicted molar refractivity (Wildman–Crippen MR) is 54.1 cm³/mol. The van der Waals surface area contributed by atoms with Gasteiger partial charge in [0.2, 0.25) is 0 Å². The molecule has 0 saturated carbocycles. The zero-order chi connectivity index (χ0) is 10.6. The molecule has 1 fully saturated rings.